The van der Waals surface area contributed by atoms with E-state index >= 15 is 0 Å². The summed E-state index contributed by atoms with van der Waals surface area (Å²) in [7, 11) is 1.59. The number of rotatable bonds is 4. The van der Waals surface area contributed by atoms with Crippen LogP contribution < -0.4 is 4.74 Å². The average Bonchev–Trinajstić information content (AvgIpc) is 2.96. The SMILES string of the molecule is COc1ccc(C=O)c(CC2(O)CC2)c1. The van der Waals surface area contributed by atoms with Gasteiger partial charge in [-0.15, -0.1) is 0 Å². The third-order valence-corrected chi connectivity index (χ3v) is 2.82. The number of aliphatic hydroxyl groups is 1. The van der Waals surface area contributed by atoms with Crippen LogP contribution >= 0.6 is 0 Å². The molecule has 1 N–H and O–H groups in total. The summed E-state index contributed by atoms with van der Waals surface area (Å²) in [5.74, 6) is 0.722. The normalized spacial score (nSPS) is 17.2. The van der Waals surface area contributed by atoms with E-state index in [-0.39, 0.29) is 0 Å². The molecule has 1 fully saturated rings. The van der Waals surface area contributed by atoms with Crippen LogP contribution in [-0.4, -0.2) is 24.1 Å². The average molecular weight is 206 g/mol. The molecule has 1 saturated carbocycles. The molecule has 3 nitrogen and oxygen atoms in total. The zero-order valence-corrected chi connectivity index (χ0v) is 8.69. The van der Waals surface area contributed by atoms with E-state index in [4.69, 9.17) is 4.74 Å². The molecule has 0 spiro atoms. The molecule has 0 bridgehead atoms. The molecule has 0 aliphatic heterocycles. The van der Waals surface area contributed by atoms with Crippen LogP contribution in [0.25, 0.3) is 0 Å². The number of ether oxygens (including phenoxy) is 1. The molecule has 0 saturated heterocycles. The van der Waals surface area contributed by atoms with Gasteiger partial charge in [-0.1, -0.05) is 0 Å². The van der Waals surface area contributed by atoms with Crippen molar-refractivity contribution < 1.29 is 14.6 Å². The number of carbonyl (C=O) groups is 1. The van der Waals surface area contributed by atoms with Crippen LogP contribution in [0.4, 0.5) is 0 Å². The Morgan fingerprint density at radius 1 is 1.53 bits per heavy atom. The minimum absolute atomic E-state index is 0.540. The standard InChI is InChI=1S/C12H14O3/c1-15-11-3-2-9(8-13)10(6-11)7-12(14)4-5-12/h2-3,6,8,14H,4-5,7H2,1H3. The van der Waals surface area contributed by atoms with E-state index in [1.165, 1.54) is 0 Å². The predicted octanol–water partition coefficient (Wildman–Crippen LogP) is 1.58. The zero-order chi connectivity index (χ0) is 10.9. The highest BCUT2D eigenvalue weighted by Crippen LogP contribution is 2.39. The van der Waals surface area contributed by atoms with E-state index in [1.54, 1.807) is 19.2 Å². The van der Waals surface area contributed by atoms with Gasteiger partial charge in [-0.05, 0) is 36.6 Å². The molecule has 0 amide bonds. The molecule has 0 atom stereocenters. The first-order valence-corrected chi connectivity index (χ1v) is 5.01. The molecule has 0 unspecified atom stereocenters. The molecule has 80 valence electrons. The predicted molar refractivity (Wildman–Crippen MR) is 56.3 cm³/mol. The lowest BCUT2D eigenvalue weighted by atomic mass is 10.0. The van der Waals surface area contributed by atoms with Crippen molar-refractivity contribution in [3.8, 4) is 5.75 Å². The van der Waals surface area contributed by atoms with Gasteiger partial charge >= 0.3 is 0 Å². The van der Waals surface area contributed by atoms with Crippen LogP contribution in [0.3, 0.4) is 0 Å². The van der Waals surface area contributed by atoms with Gasteiger partial charge in [0.05, 0.1) is 12.7 Å². The molecule has 1 aromatic carbocycles. The monoisotopic (exact) mass is 206 g/mol. The van der Waals surface area contributed by atoms with Crippen molar-refractivity contribution in [1.82, 2.24) is 0 Å². The van der Waals surface area contributed by atoms with E-state index in [2.05, 4.69) is 0 Å². The van der Waals surface area contributed by atoms with Crippen molar-refractivity contribution in [2.75, 3.05) is 7.11 Å². The number of hydrogen-bond donors (Lipinski definition) is 1. The lowest BCUT2D eigenvalue weighted by Gasteiger charge is -2.11. The highest BCUT2D eigenvalue weighted by atomic mass is 16.5. The van der Waals surface area contributed by atoms with Gasteiger partial charge in [0.25, 0.3) is 0 Å². The fourth-order valence-electron chi connectivity index (χ4n) is 1.65. The number of benzene rings is 1. The molecule has 0 aromatic heterocycles. The minimum atomic E-state index is -0.579. The number of carbonyl (C=O) groups excluding carboxylic acids is 1. The van der Waals surface area contributed by atoms with Crippen LogP contribution in [0.2, 0.25) is 0 Å². The molecule has 2 rings (SSSR count). The Morgan fingerprint density at radius 3 is 2.80 bits per heavy atom. The van der Waals surface area contributed by atoms with Gasteiger partial charge in [0.2, 0.25) is 0 Å². The van der Waals surface area contributed by atoms with Crippen LogP contribution in [0.1, 0.15) is 28.8 Å². The van der Waals surface area contributed by atoms with E-state index in [9.17, 15) is 9.90 Å². The number of aldehydes is 1. The van der Waals surface area contributed by atoms with Gasteiger partial charge in [-0.3, -0.25) is 4.79 Å². The van der Waals surface area contributed by atoms with Crippen LogP contribution in [0.15, 0.2) is 18.2 Å². The number of hydrogen-bond acceptors (Lipinski definition) is 3. The van der Waals surface area contributed by atoms with Gasteiger partial charge in [-0.25, -0.2) is 0 Å². The Hall–Kier alpha value is -1.35. The lowest BCUT2D eigenvalue weighted by molar-refractivity contribution is 0.112. The Morgan fingerprint density at radius 2 is 2.27 bits per heavy atom. The Labute approximate surface area is 88.7 Å². The first-order valence-electron chi connectivity index (χ1n) is 5.01. The van der Waals surface area contributed by atoms with Gasteiger partial charge in [0, 0.05) is 12.0 Å². The summed E-state index contributed by atoms with van der Waals surface area (Å²) in [5, 5.41) is 9.81. The largest absolute Gasteiger partial charge is 0.497 e. The van der Waals surface area contributed by atoms with Gasteiger partial charge in [-0.2, -0.15) is 0 Å². The molecular weight excluding hydrogens is 192 g/mol. The van der Waals surface area contributed by atoms with Gasteiger partial charge < -0.3 is 9.84 Å². The summed E-state index contributed by atoms with van der Waals surface area (Å²) < 4.78 is 5.09. The zero-order valence-electron chi connectivity index (χ0n) is 8.69. The summed E-state index contributed by atoms with van der Waals surface area (Å²) in [4.78, 5) is 10.8. The molecule has 1 aromatic rings. The van der Waals surface area contributed by atoms with E-state index in [1.807, 2.05) is 6.07 Å². The van der Waals surface area contributed by atoms with Crippen molar-refractivity contribution in [3.05, 3.63) is 29.3 Å². The fraction of sp³-hybridized carbons (Fsp3) is 0.417. The quantitative estimate of drug-likeness (QED) is 0.761. The first kappa shape index (κ1) is 10.2. The Kier molecular flexibility index (Phi) is 2.49. The summed E-state index contributed by atoms with van der Waals surface area (Å²) in [6.45, 7) is 0. The molecule has 1 aliphatic carbocycles. The van der Waals surface area contributed by atoms with Crippen molar-refractivity contribution in [2.24, 2.45) is 0 Å². The van der Waals surface area contributed by atoms with Gasteiger partial charge in [0.1, 0.15) is 12.0 Å². The first-order chi connectivity index (χ1) is 7.17. The summed E-state index contributed by atoms with van der Waals surface area (Å²) in [6.07, 6.45) is 3.00. The second-order valence-electron chi connectivity index (χ2n) is 4.08. The summed E-state index contributed by atoms with van der Waals surface area (Å²) in [5.41, 5.74) is 0.921. The second-order valence-corrected chi connectivity index (χ2v) is 4.08. The molecule has 15 heavy (non-hydrogen) atoms. The van der Waals surface area contributed by atoms with Crippen molar-refractivity contribution in [1.29, 1.82) is 0 Å². The fourth-order valence-corrected chi connectivity index (χ4v) is 1.65. The minimum Gasteiger partial charge on any atom is -0.497 e. The maximum atomic E-state index is 10.8. The molecule has 1 aliphatic rings. The van der Waals surface area contributed by atoms with Crippen molar-refractivity contribution in [3.63, 3.8) is 0 Å². The number of methoxy groups -OCH3 is 1. The third-order valence-electron chi connectivity index (χ3n) is 2.82. The van der Waals surface area contributed by atoms with Gasteiger partial charge in [0.15, 0.2) is 0 Å². The van der Waals surface area contributed by atoms with E-state index in [0.717, 1.165) is 30.4 Å². The second kappa shape index (κ2) is 3.66. The summed E-state index contributed by atoms with van der Waals surface area (Å²) >= 11 is 0. The Bertz CT molecular complexity index is 380. The maximum absolute atomic E-state index is 10.8. The summed E-state index contributed by atoms with van der Waals surface area (Å²) in [6, 6.07) is 5.30. The smallest absolute Gasteiger partial charge is 0.150 e. The molecule has 0 radical (unpaired) electrons. The third kappa shape index (κ3) is 2.18. The highest BCUT2D eigenvalue weighted by molar-refractivity contribution is 5.77. The highest BCUT2D eigenvalue weighted by Gasteiger charge is 2.40. The van der Waals surface area contributed by atoms with Crippen LogP contribution in [-0.2, 0) is 6.42 Å². The topological polar surface area (TPSA) is 46.5 Å². The van der Waals surface area contributed by atoms with Crippen molar-refractivity contribution >= 4 is 6.29 Å². The van der Waals surface area contributed by atoms with Crippen LogP contribution in [0.5, 0.6) is 5.75 Å². The lowest BCUT2D eigenvalue weighted by Crippen LogP contribution is -2.12. The van der Waals surface area contributed by atoms with Crippen molar-refractivity contribution in [2.45, 2.75) is 24.9 Å². The van der Waals surface area contributed by atoms with Crippen LogP contribution in [0, 0.1) is 0 Å². The van der Waals surface area contributed by atoms with E-state index in [0.29, 0.717) is 12.0 Å². The molecule has 0 heterocycles. The Balaban J connectivity index is 2.28. The molecular formula is C12H14O3. The molecule has 3 heteroatoms. The maximum Gasteiger partial charge on any atom is 0.150 e. The van der Waals surface area contributed by atoms with E-state index < -0.39 is 5.60 Å².